The molecule has 20 heavy (non-hydrogen) atoms. The highest BCUT2D eigenvalue weighted by Crippen LogP contribution is 2.33. The van der Waals surface area contributed by atoms with Gasteiger partial charge in [0.1, 0.15) is 11.0 Å². The van der Waals surface area contributed by atoms with Crippen LogP contribution < -0.4 is 14.9 Å². The van der Waals surface area contributed by atoms with Gasteiger partial charge in [-0.3, -0.25) is 4.79 Å². The molecule has 1 aromatic heterocycles. The lowest BCUT2D eigenvalue weighted by Crippen LogP contribution is -2.11. The van der Waals surface area contributed by atoms with Crippen LogP contribution in [-0.2, 0) is 4.74 Å². The van der Waals surface area contributed by atoms with Crippen LogP contribution in [0.4, 0.5) is 0 Å². The predicted octanol–water partition coefficient (Wildman–Crippen LogP) is 1.99. The molecule has 0 aliphatic heterocycles. The van der Waals surface area contributed by atoms with E-state index in [1.165, 1.54) is 14.2 Å². The average molecular weight is 278 g/mol. The predicted molar refractivity (Wildman–Crippen MR) is 71.5 cm³/mol. The smallest absolute Gasteiger partial charge is 0.374 e. The summed E-state index contributed by atoms with van der Waals surface area (Å²) in [6, 6.07) is 4.22. The van der Waals surface area contributed by atoms with E-state index in [1.807, 2.05) is 0 Å². The Morgan fingerprint density at radius 3 is 2.60 bits per heavy atom. The van der Waals surface area contributed by atoms with Crippen LogP contribution in [0.5, 0.6) is 11.5 Å². The second-order valence-corrected chi connectivity index (χ2v) is 3.87. The summed E-state index contributed by atoms with van der Waals surface area (Å²) in [4.78, 5) is 23.8. The minimum Gasteiger partial charge on any atom is -0.493 e. The van der Waals surface area contributed by atoms with Crippen molar-refractivity contribution in [2.75, 3.05) is 20.8 Å². The second kappa shape index (κ2) is 5.64. The van der Waals surface area contributed by atoms with Gasteiger partial charge in [0.25, 0.3) is 0 Å². The fourth-order valence-corrected chi connectivity index (χ4v) is 1.87. The first-order valence-corrected chi connectivity index (χ1v) is 5.98. The lowest BCUT2D eigenvalue weighted by atomic mass is 10.2. The van der Waals surface area contributed by atoms with Crippen molar-refractivity contribution >= 4 is 16.9 Å². The number of methoxy groups -OCH3 is 2. The Kier molecular flexibility index (Phi) is 3.93. The van der Waals surface area contributed by atoms with Crippen LogP contribution in [0, 0.1) is 0 Å². The van der Waals surface area contributed by atoms with E-state index in [2.05, 4.69) is 0 Å². The Labute approximate surface area is 114 Å². The molecule has 0 saturated carbocycles. The summed E-state index contributed by atoms with van der Waals surface area (Å²) >= 11 is 0. The number of rotatable bonds is 4. The first kappa shape index (κ1) is 13.9. The maximum atomic E-state index is 12.2. The standard InChI is InChI=1S/C14H14O6/c1-4-19-14(16)11-7-8(15)12-9(20-11)5-6-10(17-2)13(12)18-3/h5-7H,4H2,1-3H3. The summed E-state index contributed by atoms with van der Waals surface area (Å²) in [5.41, 5.74) is -0.164. The first-order valence-electron chi connectivity index (χ1n) is 5.98. The number of carbonyl (C=O) groups is 1. The molecule has 0 bridgehead atoms. The van der Waals surface area contributed by atoms with Gasteiger partial charge in [0.2, 0.25) is 5.76 Å². The van der Waals surface area contributed by atoms with Crippen LogP contribution in [-0.4, -0.2) is 26.8 Å². The zero-order valence-electron chi connectivity index (χ0n) is 11.4. The Balaban J connectivity index is 2.69. The van der Waals surface area contributed by atoms with E-state index in [4.69, 9.17) is 18.6 Å². The van der Waals surface area contributed by atoms with Crippen molar-refractivity contribution < 1.29 is 23.4 Å². The van der Waals surface area contributed by atoms with Gasteiger partial charge in [-0.2, -0.15) is 0 Å². The number of esters is 1. The lowest BCUT2D eigenvalue weighted by molar-refractivity contribution is 0.0490. The fourth-order valence-electron chi connectivity index (χ4n) is 1.87. The zero-order valence-corrected chi connectivity index (χ0v) is 11.4. The van der Waals surface area contributed by atoms with Crippen molar-refractivity contribution in [1.82, 2.24) is 0 Å². The summed E-state index contributed by atoms with van der Waals surface area (Å²) < 4.78 is 20.5. The van der Waals surface area contributed by atoms with E-state index in [0.717, 1.165) is 6.07 Å². The van der Waals surface area contributed by atoms with Gasteiger partial charge in [-0.25, -0.2) is 4.79 Å². The van der Waals surface area contributed by atoms with Crippen LogP contribution in [0.3, 0.4) is 0 Å². The number of hydrogen-bond donors (Lipinski definition) is 0. The third-order valence-electron chi connectivity index (χ3n) is 2.71. The summed E-state index contributed by atoms with van der Waals surface area (Å²) in [7, 11) is 2.90. The molecule has 0 fully saturated rings. The van der Waals surface area contributed by atoms with E-state index in [0.29, 0.717) is 5.75 Å². The van der Waals surface area contributed by atoms with Gasteiger partial charge in [0.15, 0.2) is 16.9 Å². The molecule has 6 heteroatoms. The maximum Gasteiger partial charge on any atom is 0.374 e. The topological polar surface area (TPSA) is 75.0 Å². The number of hydrogen-bond acceptors (Lipinski definition) is 6. The van der Waals surface area contributed by atoms with Crippen molar-refractivity contribution in [2.24, 2.45) is 0 Å². The number of fused-ring (bicyclic) bond motifs is 1. The zero-order chi connectivity index (χ0) is 14.7. The molecule has 0 atom stereocenters. The summed E-state index contributed by atoms with van der Waals surface area (Å²) in [6.45, 7) is 1.87. The third-order valence-corrected chi connectivity index (χ3v) is 2.71. The quantitative estimate of drug-likeness (QED) is 0.796. The molecular weight excluding hydrogens is 264 g/mol. The minimum absolute atomic E-state index is 0.142. The largest absolute Gasteiger partial charge is 0.493 e. The van der Waals surface area contributed by atoms with Gasteiger partial charge < -0.3 is 18.6 Å². The number of benzene rings is 1. The molecule has 0 aliphatic rings. The Morgan fingerprint density at radius 1 is 1.25 bits per heavy atom. The Morgan fingerprint density at radius 2 is 2.00 bits per heavy atom. The molecule has 0 radical (unpaired) electrons. The molecule has 0 N–H and O–H groups in total. The molecule has 0 spiro atoms. The van der Waals surface area contributed by atoms with E-state index in [9.17, 15) is 9.59 Å². The molecule has 2 rings (SSSR count). The van der Waals surface area contributed by atoms with Crippen LogP contribution >= 0.6 is 0 Å². The van der Waals surface area contributed by atoms with Crippen molar-refractivity contribution in [3.8, 4) is 11.5 Å². The monoisotopic (exact) mass is 278 g/mol. The molecule has 0 saturated heterocycles. The SMILES string of the molecule is CCOC(=O)c1cc(=O)c2c(OC)c(OC)ccc2o1. The van der Waals surface area contributed by atoms with Gasteiger partial charge in [-0.05, 0) is 19.1 Å². The van der Waals surface area contributed by atoms with E-state index < -0.39 is 11.4 Å². The second-order valence-electron chi connectivity index (χ2n) is 3.87. The molecule has 0 amide bonds. The molecule has 6 nitrogen and oxygen atoms in total. The molecule has 106 valence electrons. The molecule has 0 unspecified atom stereocenters. The molecule has 1 aromatic carbocycles. The normalized spacial score (nSPS) is 10.3. The Hall–Kier alpha value is -2.50. The lowest BCUT2D eigenvalue weighted by Gasteiger charge is -2.10. The van der Waals surface area contributed by atoms with Gasteiger partial charge >= 0.3 is 5.97 Å². The van der Waals surface area contributed by atoms with Gasteiger partial charge in [-0.1, -0.05) is 0 Å². The average Bonchev–Trinajstić information content (AvgIpc) is 2.46. The van der Waals surface area contributed by atoms with Gasteiger partial charge in [-0.15, -0.1) is 0 Å². The van der Waals surface area contributed by atoms with Crippen molar-refractivity contribution in [2.45, 2.75) is 6.92 Å². The van der Waals surface area contributed by atoms with Gasteiger partial charge in [0, 0.05) is 6.07 Å². The summed E-state index contributed by atoms with van der Waals surface area (Å²) in [5.74, 6) is -0.136. The highest BCUT2D eigenvalue weighted by Gasteiger charge is 2.18. The van der Waals surface area contributed by atoms with E-state index in [1.54, 1.807) is 19.1 Å². The van der Waals surface area contributed by atoms with E-state index in [-0.39, 0.29) is 29.1 Å². The van der Waals surface area contributed by atoms with Crippen molar-refractivity contribution in [1.29, 1.82) is 0 Å². The molecular formula is C14H14O6. The van der Waals surface area contributed by atoms with Crippen molar-refractivity contribution in [3.05, 3.63) is 34.2 Å². The fraction of sp³-hybridized carbons (Fsp3) is 0.286. The highest BCUT2D eigenvalue weighted by molar-refractivity contribution is 5.91. The summed E-state index contributed by atoms with van der Waals surface area (Å²) in [5, 5.41) is 0.222. The Bertz CT molecular complexity index is 701. The van der Waals surface area contributed by atoms with Crippen LogP contribution in [0.25, 0.3) is 11.0 Å². The maximum absolute atomic E-state index is 12.2. The molecule has 0 aliphatic carbocycles. The molecule has 1 heterocycles. The number of ether oxygens (including phenoxy) is 3. The van der Waals surface area contributed by atoms with Crippen LogP contribution in [0.15, 0.2) is 27.4 Å². The van der Waals surface area contributed by atoms with Crippen molar-refractivity contribution in [3.63, 3.8) is 0 Å². The van der Waals surface area contributed by atoms with E-state index >= 15 is 0 Å². The summed E-state index contributed by atoms with van der Waals surface area (Å²) in [6.07, 6.45) is 0. The number of carbonyl (C=O) groups excluding carboxylic acids is 1. The minimum atomic E-state index is -0.679. The van der Waals surface area contributed by atoms with Gasteiger partial charge in [0.05, 0.1) is 20.8 Å². The highest BCUT2D eigenvalue weighted by atomic mass is 16.5. The van der Waals surface area contributed by atoms with Crippen LogP contribution in [0.1, 0.15) is 17.5 Å². The van der Waals surface area contributed by atoms with Crippen LogP contribution in [0.2, 0.25) is 0 Å². The first-order chi connectivity index (χ1) is 9.62. The third kappa shape index (κ3) is 2.32. The molecule has 2 aromatic rings.